The molecule has 18 atom stereocenters. The third-order valence-electron chi connectivity index (χ3n) is 19.9. The Hall–Kier alpha value is -12.6. The molecule has 48 heteroatoms. The minimum absolute atomic E-state index is 0.0298. The number of rotatable bonds is 60. The Bertz CT molecular complexity index is 3930. The van der Waals surface area contributed by atoms with Crippen molar-refractivity contribution in [3.63, 3.8) is 0 Å². The van der Waals surface area contributed by atoms with Crippen LogP contribution < -0.4 is 108 Å². The molecule has 1 aromatic carbocycles. The number of carboxylic acids is 4. The van der Waals surface area contributed by atoms with Gasteiger partial charge in [0.25, 0.3) is 0 Å². The molecule has 0 fully saturated rings. The number of phenols is 1. The summed E-state index contributed by atoms with van der Waals surface area (Å²) in [4.78, 5) is 259. The highest BCUT2D eigenvalue weighted by atomic mass is 16.4. The van der Waals surface area contributed by atoms with Gasteiger partial charge >= 0.3 is 23.9 Å². The van der Waals surface area contributed by atoms with Crippen LogP contribution in [0.25, 0.3) is 0 Å². The van der Waals surface area contributed by atoms with E-state index in [9.17, 15) is 127 Å². The second-order valence-electron chi connectivity index (χ2n) is 31.7. The summed E-state index contributed by atoms with van der Waals surface area (Å²) in [6.45, 7) is 17.0. The van der Waals surface area contributed by atoms with Gasteiger partial charge in [0.1, 0.15) is 90.3 Å². The van der Waals surface area contributed by atoms with Gasteiger partial charge in [-0.3, -0.25) is 97.1 Å². The van der Waals surface area contributed by atoms with Gasteiger partial charge in [-0.25, -0.2) is 4.79 Å². The molecule has 708 valence electrons. The molecule has 0 aliphatic heterocycles. The summed E-state index contributed by atoms with van der Waals surface area (Å²) in [6, 6.07) is -18.5. The quantitative estimate of drug-likeness (QED) is 0.0164. The summed E-state index contributed by atoms with van der Waals surface area (Å²) in [5.41, 5.74) is 22.5. The fourth-order valence-corrected chi connectivity index (χ4v) is 12.1. The molecule has 0 aliphatic rings. The molecule has 0 saturated heterocycles. The molecule has 0 spiro atoms. The average molecular weight is 1790 g/mol. The van der Waals surface area contributed by atoms with E-state index < -0.39 is 309 Å². The first kappa shape index (κ1) is 111. The van der Waals surface area contributed by atoms with Gasteiger partial charge in [0.05, 0.1) is 25.2 Å². The van der Waals surface area contributed by atoms with Crippen LogP contribution in [0.2, 0.25) is 0 Å². The number of benzene rings is 1. The van der Waals surface area contributed by atoms with E-state index in [2.05, 4.69) is 85.1 Å². The number of primary amides is 1. The first-order valence-corrected chi connectivity index (χ1v) is 41.2. The maximum Gasteiger partial charge on any atom is 0.326 e. The average Bonchev–Trinajstić information content (AvgIpc) is 0.842. The predicted molar refractivity (Wildman–Crippen MR) is 450 cm³/mol. The van der Waals surface area contributed by atoms with Crippen molar-refractivity contribution in [1.82, 2.24) is 85.1 Å². The van der Waals surface area contributed by atoms with Crippen LogP contribution in [-0.4, -0.2) is 277 Å². The molecule has 0 aliphatic carbocycles. The monoisotopic (exact) mass is 1790 g/mol. The number of carbonyl (C=O) groups is 19. The van der Waals surface area contributed by atoms with Crippen LogP contribution in [0.3, 0.4) is 0 Å². The largest absolute Gasteiger partial charge is 0.508 e. The van der Waals surface area contributed by atoms with Crippen LogP contribution >= 0.6 is 0 Å². The highest BCUT2D eigenvalue weighted by Crippen LogP contribution is 2.18. The van der Waals surface area contributed by atoms with E-state index in [-0.39, 0.29) is 57.4 Å². The van der Waals surface area contributed by atoms with E-state index in [0.29, 0.717) is 12.0 Å². The van der Waals surface area contributed by atoms with Crippen molar-refractivity contribution in [1.29, 1.82) is 10.8 Å². The minimum Gasteiger partial charge on any atom is -0.508 e. The Balaban J connectivity index is 3.80. The molecule has 0 aromatic heterocycles. The molecule has 15 amide bonds. The predicted octanol–water partition coefficient (Wildman–Crippen LogP) is -7.03. The van der Waals surface area contributed by atoms with Crippen molar-refractivity contribution in [3.8, 4) is 5.75 Å². The van der Waals surface area contributed by atoms with Crippen molar-refractivity contribution >= 4 is 124 Å². The van der Waals surface area contributed by atoms with Crippen molar-refractivity contribution in [2.24, 2.45) is 52.5 Å². The van der Waals surface area contributed by atoms with Crippen LogP contribution in [-0.2, 0) is 97.5 Å². The third kappa shape index (κ3) is 42.2. The van der Waals surface area contributed by atoms with Crippen LogP contribution in [0.15, 0.2) is 24.3 Å². The number of carbonyl (C=O) groups excluding carboxylic acids is 15. The van der Waals surface area contributed by atoms with Crippen LogP contribution in [0.4, 0.5) is 0 Å². The Morgan fingerprint density at radius 1 is 0.373 bits per heavy atom. The summed E-state index contributed by atoms with van der Waals surface area (Å²) in [7, 11) is 0. The zero-order valence-electron chi connectivity index (χ0n) is 72.9. The number of aliphatic hydroxyl groups excluding tert-OH is 2. The molecular weight excluding hydrogens is 1660 g/mol. The summed E-state index contributed by atoms with van der Waals surface area (Å²) in [6.07, 6.45) is -9.62. The van der Waals surface area contributed by atoms with E-state index in [0.717, 1.165) is 6.92 Å². The van der Waals surface area contributed by atoms with Crippen LogP contribution in [0.5, 0.6) is 5.75 Å². The number of carboxylic acid groups (broad SMARTS) is 4. The second kappa shape index (κ2) is 56.3. The van der Waals surface area contributed by atoms with E-state index >= 15 is 0 Å². The number of phenolic OH excluding ortho intramolecular Hbond substituents is 1. The lowest BCUT2D eigenvalue weighted by atomic mass is 9.95. The topological polar surface area (TPSA) is 810 Å². The number of amides is 15. The van der Waals surface area contributed by atoms with Crippen molar-refractivity contribution in [3.05, 3.63) is 29.8 Å². The van der Waals surface area contributed by atoms with E-state index in [4.69, 9.17) is 33.8 Å². The number of hydrogen-bond donors (Lipinski definition) is 29. The lowest BCUT2D eigenvalue weighted by Gasteiger charge is -2.31. The first-order valence-electron chi connectivity index (χ1n) is 41.2. The maximum atomic E-state index is 14.6. The number of aliphatic carboxylic acids is 4. The summed E-state index contributed by atoms with van der Waals surface area (Å²) in [5, 5.41) is 124. The molecule has 0 unspecified atom stereocenters. The van der Waals surface area contributed by atoms with Crippen molar-refractivity contribution < 1.29 is 127 Å². The van der Waals surface area contributed by atoms with Gasteiger partial charge in [-0.2, -0.15) is 0 Å². The zero-order valence-corrected chi connectivity index (χ0v) is 72.9. The zero-order chi connectivity index (χ0) is 96.3. The fraction of sp³-hybridized carbons (Fsp3) is 0.654. The number of nitrogens with two attached hydrogens (primary N) is 4. The smallest absolute Gasteiger partial charge is 0.326 e. The Morgan fingerprint density at radius 2 is 0.722 bits per heavy atom. The van der Waals surface area contributed by atoms with Gasteiger partial charge < -0.3 is 144 Å². The van der Waals surface area contributed by atoms with Crippen LogP contribution in [0, 0.1) is 40.4 Å². The molecule has 48 nitrogen and oxygen atoms in total. The molecule has 1 aromatic rings. The highest BCUT2D eigenvalue weighted by molar-refractivity contribution is 6.01. The van der Waals surface area contributed by atoms with E-state index in [1.54, 1.807) is 34.6 Å². The van der Waals surface area contributed by atoms with Crippen molar-refractivity contribution in [2.45, 2.75) is 276 Å². The molecular formula is C78H130N22O26. The number of guanidine groups is 2. The van der Waals surface area contributed by atoms with Gasteiger partial charge in [0, 0.05) is 38.8 Å². The maximum absolute atomic E-state index is 14.6. The second-order valence-corrected chi connectivity index (χ2v) is 31.7. The minimum atomic E-state index is -2.19. The Kier molecular flexibility index (Phi) is 49.7. The molecule has 0 saturated carbocycles. The molecule has 0 bridgehead atoms. The fourth-order valence-electron chi connectivity index (χ4n) is 12.1. The van der Waals surface area contributed by atoms with E-state index in [1.807, 2.05) is 0 Å². The molecule has 33 N–H and O–H groups in total. The Morgan fingerprint density at radius 3 is 1.12 bits per heavy atom. The lowest BCUT2D eigenvalue weighted by Crippen LogP contribution is -2.63. The number of hydrogen-bond acceptors (Lipinski definition) is 25. The first-order chi connectivity index (χ1) is 58.7. The normalized spacial score (nSPS) is 15.4. The SMILES string of the molecule is CC[C@H](C)[C@H](NC(=O)CNC(=O)[C@@H](NC(=O)[C@H](CCCNC(=N)N)NC(=O)[C@H](CCC(N)=O)NC(=O)[C@H](CC(=O)O)NC(=O)[C@H](CCCNC(=N)N)NC(=O)[C@H](CCC(=O)O)NC(=O)[C@@H](NC(=O)[C@H](CC(C)C)NC(=O)[C@@H](NC(=O)[C@@H](NC(=O)[C@H](CCC(=O)O)NC(=O)[C@H](Cc1ccc(O)cc1)NC(=O)[C@@H](N)[C@@H](C)O)[C@@H](C)O)[C@@H](C)CC)C(C)C)C(C)C)C(=O)O. The molecule has 0 radical (unpaired) electrons. The third-order valence-corrected chi connectivity index (χ3v) is 19.9. The van der Waals surface area contributed by atoms with Crippen LogP contribution in [0.1, 0.15) is 179 Å². The summed E-state index contributed by atoms with van der Waals surface area (Å²) < 4.78 is 0. The standard InChI is InChI=1S/C78H130N22O26/c1-13-38(9)60(99-75(124)62(41(12)102)100-67(116)48(25-28-55(108)109)91-68(117)50(94-71(120)57(80)40(11)101)32-42-19-21-43(103)22-20-42)74(123)95-49(31-35(3)4)70(119)98-59(37(7)8)73(122)92-47(24-27-54(106)107)65(114)88-44(17-15-29-85-77(81)82)63(112)93-51(33-56(110)111)69(118)90-46(23-26-52(79)104)64(113)89-45(18-16-30-86-78(83)84)66(115)97-58(36(5)6)72(121)87-34-53(105)96-61(76(125)126)39(10)14-2/h19-22,35-41,44-51,57-62,101-103H,13-18,23-34,80H2,1-12H3,(H2,79,104)(H,87,121)(H,88,114)(H,89,113)(H,90,118)(H,91,117)(H,92,122)(H,93,112)(H,94,120)(H,95,123)(H,96,105)(H,97,115)(H,98,119)(H,99,124)(H,100,116)(H,106,107)(H,108,109)(H,110,111)(H,125,126)(H4,81,82,85)(H4,83,84,86)/t38-,39-,40+,41+,44-,45-,46-,47-,48-,49-,50-,51-,57-,58-,59-,60-,61-,62-/m0/s1. The molecule has 126 heavy (non-hydrogen) atoms. The summed E-state index contributed by atoms with van der Waals surface area (Å²) in [5.74, 6) is -27.4. The number of aromatic hydroxyl groups is 1. The van der Waals surface area contributed by atoms with Gasteiger partial charge in [-0.05, 0) is 112 Å². The van der Waals surface area contributed by atoms with Gasteiger partial charge in [0.2, 0.25) is 88.6 Å². The van der Waals surface area contributed by atoms with Crippen molar-refractivity contribution in [2.75, 3.05) is 19.6 Å². The van der Waals surface area contributed by atoms with E-state index in [1.165, 1.54) is 65.8 Å². The number of aliphatic hydroxyl groups is 2. The molecule has 1 rings (SSSR count). The van der Waals surface area contributed by atoms with Gasteiger partial charge in [0.15, 0.2) is 11.9 Å². The summed E-state index contributed by atoms with van der Waals surface area (Å²) >= 11 is 0. The lowest BCUT2D eigenvalue weighted by molar-refractivity contribution is -0.143. The Labute approximate surface area is 728 Å². The number of nitrogens with one attached hydrogen (secondary N) is 18. The van der Waals surface area contributed by atoms with Gasteiger partial charge in [-0.1, -0.05) is 94.2 Å². The highest BCUT2D eigenvalue weighted by Gasteiger charge is 2.41. The molecule has 0 heterocycles. The van der Waals surface area contributed by atoms with Gasteiger partial charge in [-0.15, -0.1) is 0 Å².